The van der Waals surface area contributed by atoms with Crippen LogP contribution in [0.25, 0.3) is 0 Å². The van der Waals surface area contributed by atoms with Gasteiger partial charge in [0.15, 0.2) is 0 Å². The summed E-state index contributed by atoms with van der Waals surface area (Å²) < 4.78 is 5.55. The fraction of sp³-hybridized carbons (Fsp3) is 0.650. The first-order valence-electron chi connectivity index (χ1n) is 9.45. The summed E-state index contributed by atoms with van der Waals surface area (Å²) in [5, 5.41) is 0. The number of ether oxygens (including phenoxy) is 1. The van der Waals surface area contributed by atoms with Gasteiger partial charge in [0.2, 0.25) is 0 Å². The molecule has 142 valence electrons. The van der Waals surface area contributed by atoms with Crippen LogP contribution in [0.15, 0.2) is 24.5 Å². The predicted molar refractivity (Wildman–Crippen MR) is 98.8 cm³/mol. The van der Waals surface area contributed by atoms with Crippen molar-refractivity contribution >= 4 is 12.0 Å². The second-order valence-corrected chi connectivity index (χ2v) is 8.58. The van der Waals surface area contributed by atoms with Crippen LogP contribution in [0.3, 0.4) is 0 Å². The second-order valence-electron chi connectivity index (χ2n) is 8.58. The third-order valence-corrected chi connectivity index (χ3v) is 5.17. The number of likely N-dealkylation sites (tertiary alicyclic amines) is 2. The molecule has 2 aliphatic heterocycles. The molecule has 2 aliphatic rings. The molecule has 6 nitrogen and oxygen atoms in total. The summed E-state index contributed by atoms with van der Waals surface area (Å²) in [7, 11) is 0. The number of hydrogen-bond donors (Lipinski definition) is 0. The fourth-order valence-corrected chi connectivity index (χ4v) is 4.08. The molecule has 0 saturated carbocycles. The van der Waals surface area contributed by atoms with Crippen LogP contribution >= 0.6 is 0 Å². The Hall–Kier alpha value is -2.11. The number of nitrogens with zero attached hydrogens (tertiary/aromatic N) is 3. The summed E-state index contributed by atoms with van der Waals surface area (Å²) in [6, 6.07) is 3.60. The number of hydrogen-bond acceptors (Lipinski definition) is 4. The van der Waals surface area contributed by atoms with E-state index in [1.54, 1.807) is 18.5 Å². The first-order valence-corrected chi connectivity index (χ1v) is 9.45. The number of amides is 2. The van der Waals surface area contributed by atoms with Crippen molar-refractivity contribution < 1.29 is 14.3 Å². The van der Waals surface area contributed by atoms with E-state index in [0.717, 1.165) is 38.8 Å². The summed E-state index contributed by atoms with van der Waals surface area (Å²) in [5.41, 5.74) is 0.117. The lowest BCUT2D eigenvalue weighted by Gasteiger charge is -2.48. The summed E-state index contributed by atoms with van der Waals surface area (Å²) in [4.78, 5) is 33.1. The number of rotatable bonds is 1. The number of piperidine rings is 2. The van der Waals surface area contributed by atoms with E-state index in [-0.39, 0.29) is 17.4 Å². The quantitative estimate of drug-likeness (QED) is 0.771. The molecule has 0 unspecified atom stereocenters. The van der Waals surface area contributed by atoms with Gasteiger partial charge in [-0.1, -0.05) is 0 Å². The molecule has 1 aromatic rings. The van der Waals surface area contributed by atoms with Crippen molar-refractivity contribution in [3.8, 4) is 0 Å². The van der Waals surface area contributed by atoms with Gasteiger partial charge in [-0.2, -0.15) is 0 Å². The van der Waals surface area contributed by atoms with E-state index < -0.39 is 5.60 Å². The first kappa shape index (κ1) is 18.7. The zero-order valence-electron chi connectivity index (χ0n) is 16.0. The SMILES string of the molecule is CC(C)(C)OC(=O)N1CCC[C@@]2(CCCN(C(=O)c3cccnc3)C2)C1. The molecule has 0 radical (unpaired) electrons. The molecule has 0 aliphatic carbocycles. The average molecular weight is 359 g/mol. The summed E-state index contributed by atoms with van der Waals surface area (Å²) in [6.45, 7) is 8.52. The van der Waals surface area contributed by atoms with Crippen molar-refractivity contribution in [2.75, 3.05) is 26.2 Å². The lowest BCUT2D eigenvalue weighted by atomic mass is 9.73. The highest BCUT2D eigenvalue weighted by Crippen LogP contribution is 2.39. The molecule has 2 fully saturated rings. The first-order chi connectivity index (χ1) is 12.3. The molecule has 26 heavy (non-hydrogen) atoms. The Bertz CT molecular complexity index is 652. The van der Waals surface area contributed by atoms with E-state index in [2.05, 4.69) is 4.98 Å². The van der Waals surface area contributed by atoms with Crippen molar-refractivity contribution in [1.82, 2.24) is 14.8 Å². The maximum atomic E-state index is 12.8. The van der Waals surface area contributed by atoms with Gasteiger partial charge >= 0.3 is 6.09 Å². The largest absolute Gasteiger partial charge is 0.444 e. The van der Waals surface area contributed by atoms with Crippen molar-refractivity contribution in [2.45, 2.75) is 52.1 Å². The minimum absolute atomic E-state index is 0.0225. The normalized spacial score (nSPS) is 23.8. The standard InChI is InChI=1S/C20H29N3O3/c1-19(2,3)26-18(25)23-12-6-9-20(15-23)8-5-11-22(14-20)17(24)16-7-4-10-21-13-16/h4,7,10,13H,5-6,8-9,11-12,14-15H2,1-3H3/t20-/m1/s1. The minimum atomic E-state index is -0.490. The van der Waals surface area contributed by atoms with Gasteiger partial charge < -0.3 is 14.5 Å². The predicted octanol–water partition coefficient (Wildman–Crippen LogP) is 3.33. The fourth-order valence-electron chi connectivity index (χ4n) is 4.08. The zero-order valence-corrected chi connectivity index (χ0v) is 16.0. The highest BCUT2D eigenvalue weighted by molar-refractivity contribution is 5.94. The van der Waals surface area contributed by atoms with E-state index in [9.17, 15) is 9.59 Å². The van der Waals surface area contributed by atoms with Crippen molar-refractivity contribution in [2.24, 2.45) is 5.41 Å². The van der Waals surface area contributed by atoms with Crippen LogP contribution in [-0.2, 0) is 4.74 Å². The lowest BCUT2D eigenvalue weighted by molar-refractivity contribution is -0.0129. The van der Waals surface area contributed by atoms with Crippen LogP contribution < -0.4 is 0 Å². The van der Waals surface area contributed by atoms with E-state index in [4.69, 9.17) is 4.74 Å². The van der Waals surface area contributed by atoms with Crippen LogP contribution in [0.5, 0.6) is 0 Å². The van der Waals surface area contributed by atoms with Gasteiger partial charge in [0, 0.05) is 44.0 Å². The Labute approximate surface area is 155 Å². The molecule has 6 heteroatoms. The molecule has 3 rings (SSSR count). The maximum absolute atomic E-state index is 12.8. The van der Waals surface area contributed by atoms with E-state index in [1.165, 1.54) is 0 Å². The molecule has 1 atom stereocenters. The number of aromatic nitrogens is 1. The van der Waals surface area contributed by atoms with Gasteiger partial charge in [0.1, 0.15) is 5.60 Å². The number of carbonyl (C=O) groups is 2. The van der Waals surface area contributed by atoms with E-state index in [1.807, 2.05) is 36.6 Å². The Balaban J connectivity index is 1.69. The molecule has 0 aromatic carbocycles. The van der Waals surface area contributed by atoms with E-state index >= 15 is 0 Å². The third-order valence-electron chi connectivity index (χ3n) is 5.17. The van der Waals surface area contributed by atoms with Crippen molar-refractivity contribution in [3.63, 3.8) is 0 Å². The number of pyridine rings is 1. The van der Waals surface area contributed by atoms with Gasteiger partial charge in [-0.3, -0.25) is 9.78 Å². The Kier molecular flexibility index (Phi) is 5.21. The van der Waals surface area contributed by atoms with Gasteiger partial charge in [-0.15, -0.1) is 0 Å². The topological polar surface area (TPSA) is 62.7 Å². The summed E-state index contributed by atoms with van der Waals surface area (Å²) >= 11 is 0. The molecule has 2 saturated heterocycles. The molecule has 0 bridgehead atoms. The Morgan fingerprint density at radius 3 is 2.38 bits per heavy atom. The smallest absolute Gasteiger partial charge is 0.410 e. The van der Waals surface area contributed by atoms with Gasteiger partial charge in [-0.05, 0) is 58.6 Å². The molecule has 1 aromatic heterocycles. The zero-order chi connectivity index (χ0) is 18.8. The lowest BCUT2D eigenvalue weighted by Crippen LogP contribution is -2.55. The highest BCUT2D eigenvalue weighted by Gasteiger charge is 2.42. The second kappa shape index (κ2) is 7.25. The van der Waals surface area contributed by atoms with Crippen LogP contribution in [0, 0.1) is 5.41 Å². The van der Waals surface area contributed by atoms with Crippen molar-refractivity contribution in [3.05, 3.63) is 30.1 Å². The summed E-state index contributed by atoms with van der Waals surface area (Å²) in [6.07, 6.45) is 7.06. The molecular formula is C20H29N3O3. The Morgan fingerprint density at radius 1 is 1.12 bits per heavy atom. The van der Waals surface area contributed by atoms with Crippen LogP contribution in [0.1, 0.15) is 56.8 Å². The van der Waals surface area contributed by atoms with E-state index in [0.29, 0.717) is 18.7 Å². The maximum Gasteiger partial charge on any atom is 0.410 e. The minimum Gasteiger partial charge on any atom is -0.444 e. The average Bonchev–Trinajstić information content (AvgIpc) is 2.60. The monoisotopic (exact) mass is 359 g/mol. The Morgan fingerprint density at radius 2 is 1.77 bits per heavy atom. The molecule has 3 heterocycles. The summed E-state index contributed by atoms with van der Waals surface area (Å²) in [5.74, 6) is 0.0339. The van der Waals surface area contributed by atoms with Gasteiger partial charge in [-0.25, -0.2) is 4.79 Å². The van der Waals surface area contributed by atoms with Crippen molar-refractivity contribution in [1.29, 1.82) is 0 Å². The molecule has 0 N–H and O–H groups in total. The van der Waals surface area contributed by atoms with Crippen LogP contribution in [0.4, 0.5) is 4.79 Å². The molecule has 2 amide bonds. The third kappa shape index (κ3) is 4.34. The van der Waals surface area contributed by atoms with Crippen LogP contribution in [0.2, 0.25) is 0 Å². The van der Waals surface area contributed by atoms with Gasteiger partial charge in [0.05, 0.1) is 5.56 Å². The number of carbonyl (C=O) groups excluding carboxylic acids is 2. The highest BCUT2D eigenvalue weighted by atomic mass is 16.6. The van der Waals surface area contributed by atoms with Gasteiger partial charge in [0.25, 0.3) is 5.91 Å². The van der Waals surface area contributed by atoms with Crippen LogP contribution in [-0.4, -0.2) is 58.6 Å². The molecule has 1 spiro atoms. The molecular weight excluding hydrogens is 330 g/mol.